The number of amides is 6. The number of hydrogen-bond donors (Lipinski definition) is 2. The number of anilines is 1. The van der Waals surface area contributed by atoms with Crippen molar-refractivity contribution in [2.75, 3.05) is 59.9 Å². The second-order valence-corrected chi connectivity index (χ2v) is 23.0. The molecule has 1 unspecified atom stereocenters. The molecule has 4 rings (SSSR count). The first kappa shape index (κ1) is 67.8. The number of rotatable bonds is 31. The number of likely N-dealkylation sites (N-methyl/N-ethyl adjacent to an activating group) is 2. The molecule has 2 fully saturated rings. The number of aliphatic carboxylic acids is 1. The van der Waals surface area contributed by atoms with Gasteiger partial charge in [0.25, 0.3) is 0 Å². The first-order valence-corrected chi connectivity index (χ1v) is 28.9. The van der Waals surface area contributed by atoms with Crippen LogP contribution in [0.15, 0.2) is 54.6 Å². The molecule has 17 nitrogen and oxygen atoms in total. The highest BCUT2D eigenvalue weighted by Crippen LogP contribution is 2.31. The molecule has 0 bridgehead atoms. The lowest BCUT2D eigenvalue weighted by Gasteiger charge is -2.41. The number of unbranched alkanes of at least 4 members (excludes halogenated alkanes) is 2. The molecule has 0 spiro atoms. The quantitative estimate of drug-likeness (QED) is 0.0542. The van der Waals surface area contributed by atoms with Crippen molar-refractivity contribution in [3.63, 3.8) is 0 Å². The average molecular weight is 1100 g/mol. The van der Waals surface area contributed by atoms with Gasteiger partial charge in [-0.25, -0.2) is 4.79 Å². The van der Waals surface area contributed by atoms with Crippen LogP contribution in [0.2, 0.25) is 0 Å². The van der Waals surface area contributed by atoms with Crippen LogP contribution in [0.3, 0.4) is 0 Å². The van der Waals surface area contributed by atoms with Crippen molar-refractivity contribution in [2.45, 2.75) is 183 Å². The van der Waals surface area contributed by atoms with Gasteiger partial charge in [0, 0.05) is 84.6 Å². The second-order valence-electron chi connectivity index (χ2n) is 23.0. The number of nitrogens with one attached hydrogen (secondary N) is 1. The molecule has 2 N–H and O–H groups in total. The van der Waals surface area contributed by atoms with Crippen LogP contribution in [0.25, 0.3) is 0 Å². The summed E-state index contributed by atoms with van der Waals surface area (Å²) in [4.78, 5) is 112. The number of methoxy groups -OCH3 is 2. The first-order chi connectivity index (χ1) is 37.3. The largest absolute Gasteiger partial charge is 0.480 e. The number of carbonyl (C=O) groups excluding carboxylic acids is 7. The summed E-state index contributed by atoms with van der Waals surface area (Å²) in [5.41, 5.74) is 2.85. The van der Waals surface area contributed by atoms with E-state index in [1.807, 2.05) is 103 Å². The predicted molar refractivity (Wildman–Crippen MR) is 309 cm³/mol. The Morgan fingerprint density at radius 2 is 1.48 bits per heavy atom. The minimum atomic E-state index is -1.13. The van der Waals surface area contributed by atoms with Crippen LogP contribution in [-0.2, 0) is 54.3 Å². The number of Topliss-reactive ketones (excluding diaryl/α,β-unsaturated/α-hetero) is 1. The smallest absolute Gasteiger partial charge is 0.326 e. The third-order valence-corrected chi connectivity index (χ3v) is 16.2. The SMILES string of the molecule is CCCN(C)[C@H](C(=O)C[C@H](C(=O)N(C)[C@@H]([C@@H](C)CC)[C@@H](CC(=O)N1CCC[C@H]1[C@H](OC)[C@@H](C)C(=O)N[C@@H](Cc1ccccc1)C(=O)O)OC)C(C)C)C(C)C.Cc1ccc(N(C)C(=O)CCCCCN2C(=O)CC(C)C2=O)cc1. The maximum absolute atomic E-state index is 14.4. The number of imide groups is 1. The highest BCUT2D eigenvalue weighted by molar-refractivity contribution is 6.03. The lowest BCUT2D eigenvalue weighted by atomic mass is 9.83. The Labute approximate surface area is 472 Å². The number of carboxylic acid groups (broad SMARTS) is 1. The van der Waals surface area contributed by atoms with Gasteiger partial charge in [-0.3, -0.25) is 43.4 Å². The van der Waals surface area contributed by atoms with Crippen molar-refractivity contribution in [1.82, 2.24) is 24.9 Å². The summed E-state index contributed by atoms with van der Waals surface area (Å²) in [6.07, 6.45) is 5.15. The van der Waals surface area contributed by atoms with Gasteiger partial charge in [0.1, 0.15) is 6.04 Å². The van der Waals surface area contributed by atoms with Gasteiger partial charge >= 0.3 is 5.97 Å². The Kier molecular flexibility index (Phi) is 28.5. The van der Waals surface area contributed by atoms with Crippen LogP contribution in [0.5, 0.6) is 0 Å². The second kappa shape index (κ2) is 33.3. The summed E-state index contributed by atoms with van der Waals surface area (Å²) in [6.45, 7) is 21.5. The van der Waals surface area contributed by atoms with E-state index in [1.165, 1.54) is 17.6 Å². The van der Waals surface area contributed by atoms with Crippen LogP contribution in [0, 0.1) is 42.4 Å². The van der Waals surface area contributed by atoms with Gasteiger partial charge in [0.05, 0.1) is 42.7 Å². The molecule has 0 aliphatic carbocycles. The van der Waals surface area contributed by atoms with Gasteiger partial charge in [-0.1, -0.05) is 123 Å². The number of aryl methyl sites for hydroxylation is 1. The fraction of sp³-hybridized carbons (Fsp3) is 0.677. The van der Waals surface area contributed by atoms with E-state index in [-0.39, 0.29) is 84.3 Å². The van der Waals surface area contributed by atoms with Gasteiger partial charge < -0.3 is 34.6 Å². The van der Waals surface area contributed by atoms with E-state index in [9.17, 15) is 43.5 Å². The van der Waals surface area contributed by atoms with Crippen LogP contribution >= 0.6 is 0 Å². The Morgan fingerprint density at radius 1 is 0.835 bits per heavy atom. The fourth-order valence-corrected chi connectivity index (χ4v) is 11.4. The number of carbonyl (C=O) groups is 8. The molecule has 10 atom stereocenters. The predicted octanol–water partition coefficient (Wildman–Crippen LogP) is 8.23. The van der Waals surface area contributed by atoms with E-state index < -0.39 is 54.0 Å². The number of hydrogen-bond acceptors (Lipinski definition) is 11. The maximum atomic E-state index is 14.4. The molecule has 2 aromatic rings. The zero-order chi connectivity index (χ0) is 59.3. The van der Waals surface area contributed by atoms with Gasteiger partial charge in [-0.05, 0) is 88.1 Å². The molecule has 2 aliphatic heterocycles. The van der Waals surface area contributed by atoms with Gasteiger partial charge in [0.2, 0.25) is 35.4 Å². The van der Waals surface area contributed by atoms with Crippen molar-refractivity contribution in [1.29, 1.82) is 0 Å². The molecule has 0 saturated carbocycles. The summed E-state index contributed by atoms with van der Waals surface area (Å²) in [7, 11) is 8.59. The lowest BCUT2D eigenvalue weighted by Crippen LogP contribution is -2.55. The maximum Gasteiger partial charge on any atom is 0.326 e. The number of likely N-dealkylation sites (tertiary alicyclic amines) is 2. The summed E-state index contributed by atoms with van der Waals surface area (Å²) in [6, 6.07) is 14.7. The topological polar surface area (TPSA) is 203 Å². The monoisotopic (exact) mass is 1100 g/mol. The normalized spacial score (nSPS) is 18.6. The molecule has 2 heterocycles. The molecule has 0 aromatic heterocycles. The summed E-state index contributed by atoms with van der Waals surface area (Å²) < 4.78 is 11.9. The van der Waals surface area contributed by atoms with Crippen LogP contribution < -0.4 is 10.2 Å². The van der Waals surface area contributed by atoms with Crippen molar-refractivity contribution in [3.8, 4) is 0 Å². The van der Waals surface area contributed by atoms with E-state index in [4.69, 9.17) is 9.47 Å². The van der Waals surface area contributed by atoms with Crippen molar-refractivity contribution < 1.29 is 52.9 Å². The standard InChI is InChI=1S/C43H72N4O8.C19H26N2O3/c1-13-22-45(9)38(28(5)6)35(48)25-32(27(3)4)42(51)46(10)39(29(7)14-2)36(54-11)26-37(49)47-23-18-21-34(47)40(55-12)30(8)41(50)44-33(43(52)53)24-31-19-16-15-17-20-31;1-14-8-10-16(11-9-14)20(3)17(22)7-5-4-6-12-21-18(23)13-15(2)19(21)24/h15-17,19-20,27-30,32-34,36,38-40H,13-14,18,21-26H2,1-12H3,(H,44,50)(H,52,53);8-11,15H,4-7,12-13H2,1-3H3/t29-,30+,32-,33-,34-,36+,38-,39-,40+;/m0./s1. The van der Waals surface area contributed by atoms with Gasteiger partial charge in [-0.2, -0.15) is 0 Å². The summed E-state index contributed by atoms with van der Waals surface area (Å²) >= 11 is 0. The van der Waals surface area contributed by atoms with E-state index in [0.717, 1.165) is 56.3 Å². The first-order valence-electron chi connectivity index (χ1n) is 28.9. The molecule has 2 saturated heterocycles. The van der Waals surface area contributed by atoms with Crippen molar-refractivity contribution in [2.24, 2.45) is 35.5 Å². The van der Waals surface area contributed by atoms with Crippen LogP contribution in [0.1, 0.15) is 144 Å². The number of ether oxygens (including phenoxy) is 2. The van der Waals surface area contributed by atoms with Gasteiger partial charge in [-0.15, -0.1) is 0 Å². The van der Waals surface area contributed by atoms with Crippen LogP contribution in [-0.4, -0.2) is 163 Å². The minimum absolute atomic E-state index is 0.0112. The highest BCUT2D eigenvalue weighted by atomic mass is 16.5. The Bertz CT molecular complexity index is 2280. The van der Waals surface area contributed by atoms with Crippen molar-refractivity contribution in [3.05, 3.63) is 65.7 Å². The van der Waals surface area contributed by atoms with Crippen LogP contribution in [0.4, 0.5) is 5.69 Å². The Morgan fingerprint density at radius 3 is 2.01 bits per heavy atom. The number of carboxylic acids is 1. The number of ketones is 1. The fourth-order valence-electron chi connectivity index (χ4n) is 11.4. The third kappa shape index (κ3) is 19.6. The number of nitrogens with zero attached hydrogens (tertiary/aromatic N) is 5. The lowest BCUT2D eigenvalue weighted by molar-refractivity contribution is -0.149. The van der Waals surface area contributed by atoms with E-state index in [2.05, 4.69) is 24.1 Å². The average Bonchev–Trinajstić information content (AvgIpc) is 4.01. The zero-order valence-electron chi connectivity index (χ0n) is 50.5. The molecule has 6 amide bonds. The summed E-state index contributed by atoms with van der Waals surface area (Å²) in [5.74, 6) is -3.32. The third-order valence-electron chi connectivity index (χ3n) is 16.2. The molecule has 79 heavy (non-hydrogen) atoms. The molecular formula is C62H98N6O11. The highest BCUT2D eigenvalue weighted by Gasteiger charge is 2.44. The van der Waals surface area contributed by atoms with E-state index in [1.54, 1.807) is 49.8 Å². The molecule has 2 aromatic carbocycles. The Hall–Kier alpha value is -5.52. The number of benzene rings is 2. The van der Waals surface area contributed by atoms with Gasteiger partial charge in [0.15, 0.2) is 5.78 Å². The molecule has 442 valence electrons. The van der Waals surface area contributed by atoms with E-state index in [0.29, 0.717) is 32.4 Å². The Balaban J connectivity index is 0.000000565. The van der Waals surface area contributed by atoms with Crippen molar-refractivity contribution >= 4 is 52.9 Å². The van der Waals surface area contributed by atoms with E-state index >= 15 is 0 Å². The molecule has 0 radical (unpaired) electrons. The minimum Gasteiger partial charge on any atom is -0.480 e. The molecule has 2 aliphatic rings. The zero-order valence-corrected chi connectivity index (χ0v) is 50.5. The molecular weight excluding hydrogens is 1000 g/mol. The summed E-state index contributed by atoms with van der Waals surface area (Å²) in [5, 5.41) is 12.6. The molecule has 17 heteroatoms.